The number of rotatable bonds is 3. The summed E-state index contributed by atoms with van der Waals surface area (Å²) in [5.74, 6) is -1.87. The second-order valence-electron chi connectivity index (χ2n) is 5.34. The Hall–Kier alpha value is -1.69. The molecule has 0 N–H and O–H groups in total. The van der Waals surface area contributed by atoms with Crippen molar-refractivity contribution in [2.75, 3.05) is 13.1 Å². The van der Waals surface area contributed by atoms with E-state index in [4.69, 9.17) is 9.47 Å². The van der Waals surface area contributed by atoms with Crippen molar-refractivity contribution in [3.63, 3.8) is 0 Å². The molecule has 1 saturated heterocycles. The number of carbonyl (C=O) groups is 1. The normalized spacial score (nSPS) is 23.8. The van der Waals surface area contributed by atoms with E-state index in [1.54, 1.807) is 11.8 Å². The Labute approximate surface area is 122 Å². The Kier molecular flexibility index (Phi) is 4.77. The fraction of sp³-hybridized carbons (Fsp3) is 0.533. The van der Waals surface area contributed by atoms with Gasteiger partial charge in [0, 0.05) is 19.2 Å². The maximum atomic E-state index is 13.5. The van der Waals surface area contributed by atoms with Gasteiger partial charge in [0.1, 0.15) is 5.82 Å². The van der Waals surface area contributed by atoms with Gasteiger partial charge in [-0.2, -0.15) is 0 Å². The quantitative estimate of drug-likeness (QED) is 0.860. The Morgan fingerprint density at radius 3 is 2.52 bits per heavy atom. The summed E-state index contributed by atoms with van der Waals surface area (Å²) < 4.78 is 37.2. The first-order chi connectivity index (χ1) is 9.86. The van der Waals surface area contributed by atoms with E-state index in [1.165, 1.54) is 6.07 Å². The Morgan fingerprint density at radius 1 is 1.33 bits per heavy atom. The highest BCUT2D eigenvalue weighted by Gasteiger charge is 2.29. The van der Waals surface area contributed by atoms with Crippen molar-refractivity contribution in [1.82, 2.24) is 4.90 Å². The second-order valence-corrected chi connectivity index (χ2v) is 5.34. The van der Waals surface area contributed by atoms with Crippen molar-refractivity contribution in [2.45, 2.75) is 39.1 Å². The third-order valence-corrected chi connectivity index (χ3v) is 3.28. The fourth-order valence-corrected chi connectivity index (χ4v) is 2.43. The Balaban J connectivity index is 2.02. The number of morpholine rings is 1. The highest BCUT2D eigenvalue weighted by atomic mass is 19.1. The van der Waals surface area contributed by atoms with E-state index in [0.29, 0.717) is 13.1 Å². The monoisotopic (exact) mass is 299 g/mol. The van der Waals surface area contributed by atoms with Crippen molar-refractivity contribution in [1.29, 1.82) is 0 Å². The Bertz CT molecular complexity index is 514. The van der Waals surface area contributed by atoms with Crippen LogP contribution in [0.3, 0.4) is 0 Å². The lowest BCUT2D eigenvalue weighted by Gasteiger charge is -2.36. The molecule has 4 nitrogen and oxygen atoms in total. The van der Waals surface area contributed by atoms with Gasteiger partial charge in [0.25, 0.3) is 5.91 Å². The molecule has 0 saturated carbocycles. The number of halogens is 2. The van der Waals surface area contributed by atoms with Gasteiger partial charge < -0.3 is 14.4 Å². The van der Waals surface area contributed by atoms with Gasteiger partial charge in [-0.3, -0.25) is 4.79 Å². The van der Waals surface area contributed by atoms with Crippen LogP contribution in [0.25, 0.3) is 0 Å². The first kappa shape index (κ1) is 15.7. The molecule has 0 radical (unpaired) electrons. The van der Waals surface area contributed by atoms with Crippen molar-refractivity contribution >= 4 is 5.91 Å². The smallest absolute Gasteiger partial charge is 0.263 e. The molecule has 1 aromatic carbocycles. The molecule has 1 fully saturated rings. The topological polar surface area (TPSA) is 38.8 Å². The summed E-state index contributed by atoms with van der Waals surface area (Å²) in [6.45, 7) is 6.28. The molecule has 1 aromatic rings. The standard InChI is InChI=1S/C15H19F2NO3/c1-9-7-18(8-10(2)20-9)15(19)11(3)21-14-5-4-12(16)6-13(14)17/h4-6,9-11H,7-8H2,1-3H3/t9-,10-,11+/m1/s1. The summed E-state index contributed by atoms with van der Waals surface area (Å²) in [6.07, 6.45) is -0.942. The lowest BCUT2D eigenvalue weighted by Crippen LogP contribution is -2.51. The average Bonchev–Trinajstić information content (AvgIpc) is 2.40. The van der Waals surface area contributed by atoms with Gasteiger partial charge in [0.2, 0.25) is 0 Å². The van der Waals surface area contributed by atoms with Gasteiger partial charge in [0.15, 0.2) is 17.7 Å². The molecule has 1 heterocycles. The molecule has 0 spiro atoms. The van der Waals surface area contributed by atoms with Crippen LogP contribution < -0.4 is 4.74 Å². The molecule has 0 aliphatic carbocycles. The zero-order valence-electron chi connectivity index (χ0n) is 12.3. The van der Waals surface area contributed by atoms with E-state index >= 15 is 0 Å². The predicted molar refractivity (Wildman–Crippen MR) is 73.0 cm³/mol. The van der Waals surface area contributed by atoms with Crippen molar-refractivity contribution in [3.05, 3.63) is 29.8 Å². The van der Waals surface area contributed by atoms with Crippen LogP contribution in [-0.4, -0.2) is 42.2 Å². The van der Waals surface area contributed by atoms with E-state index in [0.717, 1.165) is 12.1 Å². The molecule has 21 heavy (non-hydrogen) atoms. The fourth-order valence-electron chi connectivity index (χ4n) is 2.43. The highest BCUT2D eigenvalue weighted by Crippen LogP contribution is 2.20. The lowest BCUT2D eigenvalue weighted by atomic mass is 10.2. The number of hydrogen-bond donors (Lipinski definition) is 0. The Morgan fingerprint density at radius 2 is 1.95 bits per heavy atom. The van der Waals surface area contributed by atoms with Crippen LogP contribution in [0, 0.1) is 11.6 Å². The number of carbonyl (C=O) groups excluding carboxylic acids is 1. The first-order valence-electron chi connectivity index (χ1n) is 6.92. The SMILES string of the molecule is C[C@@H]1CN(C(=O)[C@H](C)Oc2ccc(F)cc2F)C[C@@H](C)O1. The van der Waals surface area contributed by atoms with Crippen LogP contribution in [0.15, 0.2) is 18.2 Å². The maximum absolute atomic E-state index is 13.5. The second kappa shape index (κ2) is 6.39. The summed E-state index contributed by atoms with van der Waals surface area (Å²) in [6, 6.07) is 3.00. The molecule has 116 valence electrons. The summed E-state index contributed by atoms with van der Waals surface area (Å²) in [5.41, 5.74) is 0. The summed E-state index contributed by atoms with van der Waals surface area (Å²) in [7, 11) is 0. The molecule has 6 heteroatoms. The minimum absolute atomic E-state index is 0.0487. The molecule has 0 aromatic heterocycles. The summed E-state index contributed by atoms with van der Waals surface area (Å²) >= 11 is 0. The zero-order valence-corrected chi connectivity index (χ0v) is 12.3. The average molecular weight is 299 g/mol. The van der Waals surface area contributed by atoms with Gasteiger partial charge in [-0.1, -0.05) is 0 Å². The van der Waals surface area contributed by atoms with Gasteiger partial charge in [-0.05, 0) is 32.9 Å². The largest absolute Gasteiger partial charge is 0.478 e. The molecule has 3 atom stereocenters. The zero-order chi connectivity index (χ0) is 15.6. The van der Waals surface area contributed by atoms with Gasteiger partial charge in [-0.15, -0.1) is 0 Å². The predicted octanol–water partition coefficient (Wildman–Crippen LogP) is 2.37. The third kappa shape index (κ3) is 3.91. The number of nitrogens with zero attached hydrogens (tertiary/aromatic N) is 1. The molecular formula is C15H19F2NO3. The van der Waals surface area contributed by atoms with Gasteiger partial charge in [0.05, 0.1) is 12.2 Å². The first-order valence-corrected chi connectivity index (χ1v) is 6.92. The van der Waals surface area contributed by atoms with Crippen LogP contribution >= 0.6 is 0 Å². The lowest BCUT2D eigenvalue weighted by molar-refractivity contribution is -0.149. The van der Waals surface area contributed by atoms with Gasteiger partial charge >= 0.3 is 0 Å². The molecule has 1 aliphatic heterocycles. The molecular weight excluding hydrogens is 280 g/mol. The van der Waals surface area contributed by atoms with Crippen molar-refractivity contribution in [3.8, 4) is 5.75 Å². The van der Waals surface area contributed by atoms with Crippen LogP contribution in [0.5, 0.6) is 5.75 Å². The number of amides is 1. The van der Waals surface area contributed by atoms with E-state index in [2.05, 4.69) is 0 Å². The highest BCUT2D eigenvalue weighted by molar-refractivity contribution is 5.81. The van der Waals surface area contributed by atoms with E-state index in [1.807, 2.05) is 13.8 Å². The summed E-state index contributed by atoms with van der Waals surface area (Å²) in [4.78, 5) is 14.0. The van der Waals surface area contributed by atoms with Crippen LogP contribution in [-0.2, 0) is 9.53 Å². The maximum Gasteiger partial charge on any atom is 0.263 e. The molecule has 0 unspecified atom stereocenters. The van der Waals surface area contributed by atoms with E-state index < -0.39 is 17.7 Å². The molecule has 2 rings (SSSR count). The van der Waals surface area contributed by atoms with E-state index in [9.17, 15) is 13.6 Å². The molecule has 1 aliphatic rings. The molecule has 0 bridgehead atoms. The minimum Gasteiger partial charge on any atom is -0.478 e. The van der Waals surface area contributed by atoms with Crippen molar-refractivity contribution in [2.24, 2.45) is 0 Å². The minimum atomic E-state index is -0.845. The molecule has 1 amide bonds. The van der Waals surface area contributed by atoms with Crippen LogP contribution in [0.4, 0.5) is 8.78 Å². The van der Waals surface area contributed by atoms with Crippen LogP contribution in [0.1, 0.15) is 20.8 Å². The van der Waals surface area contributed by atoms with Crippen molar-refractivity contribution < 1.29 is 23.0 Å². The number of benzene rings is 1. The third-order valence-electron chi connectivity index (χ3n) is 3.28. The number of ether oxygens (including phenoxy) is 2. The van der Waals surface area contributed by atoms with Crippen LogP contribution in [0.2, 0.25) is 0 Å². The van der Waals surface area contributed by atoms with E-state index in [-0.39, 0.29) is 23.9 Å². The van der Waals surface area contributed by atoms with Gasteiger partial charge in [-0.25, -0.2) is 8.78 Å². The summed E-state index contributed by atoms with van der Waals surface area (Å²) in [5, 5.41) is 0. The number of hydrogen-bond acceptors (Lipinski definition) is 3.